The number of hydrogen-bond donors (Lipinski definition) is 1. The van der Waals surface area contributed by atoms with E-state index in [1.165, 1.54) is 11.8 Å². The number of aliphatic carboxylic acids is 1. The van der Waals surface area contributed by atoms with Crippen molar-refractivity contribution in [2.24, 2.45) is 0 Å². The summed E-state index contributed by atoms with van der Waals surface area (Å²) in [5.41, 5.74) is 0. The largest absolute Gasteiger partial charge is 0.480 e. The molecule has 1 rings (SSSR count). The molecule has 1 heterocycles. The van der Waals surface area contributed by atoms with Crippen molar-refractivity contribution >= 4 is 34.5 Å². The Morgan fingerprint density at radius 2 is 2.11 bits per heavy atom. The van der Waals surface area contributed by atoms with Crippen LogP contribution in [0.25, 0.3) is 0 Å². The van der Waals surface area contributed by atoms with E-state index in [1.807, 2.05) is 0 Å². The summed E-state index contributed by atoms with van der Waals surface area (Å²) in [6.07, 6.45) is 0.193. The molecule has 0 aromatic carbocycles. The van der Waals surface area contributed by atoms with Crippen molar-refractivity contribution in [1.29, 1.82) is 0 Å². The minimum absolute atomic E-state index is 0.0774. The van der Waals surface area contributed by atoms with Crippen LogP contribution in [-0.2, 0) is 19.2 Å². The van der Waals surface area contributed by atoms with Crippen molar-refractivity contribution < 1.29 is 24.3 Å². The fourth-order valence-electron chi connectivity index (χ4n) is 1.77. The highest BCUT2D eigenvalue weighted by atomic mass is 32.2. The molecule has 0 radical (unpaired) electrons. The fourth-order valence-corrected chi connectivity index (χ4v) is 2.34. The monoisotopic (exact) mass is 273 g/mol. The molecule has 1 saturated heterocycles. The van der Waals surface area contributed by atoms with Crippen molar-refractivity contribution in [3.8, 4) is 0 Å². The SMILES string of the molecule is CC(=O)SCCC(=O)N1CCC(=O)CC1C(=O)O. The highest BCUT2D eigenvalue weighted by Gasteiger charge is 2.34. The van der Waals surface area contributed by atoms with E-state index in [4.69, 9.17) is 5.11 Å². The lowest BCUT2D eigenvalue weighted by Gasteiger charge is -2.32. The average molecular weight is 273 g/mol. The van der Waals surface area contributed by atoms with Gasteiger partial charge in [-0.1, -0.05) is 11.8 Å². The van der Waals surface area contributed by atoms with Gasteiger partial charge in [0, 0.05) is 38.5 Å². The number of rotatable bonds is 4. The van der Waals surface area contributed by atoms with E-state index in [0.717, 1.165) is 11.8 Å². The number of ketones is 1. The zero-order chi connectivity index (χ0) is 13.7. The van der Waals surface area contributed by atoms with Gasteiger partial charge in [0.15, 0.2) is 5.12 Å². The standard InChI is InChI=1S/C11H15NO5S/c1-7(13)18-5-3-10(15)12-4-2-8(14)6-9(12)11(16)17/h9H,2-6H2,1H3,(H,16,17). The summed E-state index contributed by atoms with van der Waals surface area (Å²) >= 11 is 1.03. The summed E-state index contributed by atoms with van der Waals surface area (Å²) in [6.45, 7) is 1.56. The van der Waals surface area contributed by atoms with Gasteiger partial charge < -0.3 is 10.0 Å². The van der Waals surface area contributed by atoms with Crippen molar-refractivity contribution in [2.45, 2.75) is 32.2 Å². The van der Waals surface area contributed by atoms with Gasteiger partial charge in [-0.2, -0.15) is 0 Å². The zero-order valence-corrected chi connectivity index (χ0v) is 10.9. The predicted molar refractivity (Wildman–Crippen MR) is 65.1 cm³/mol. The first-order chi connectivity index (χ1) is 8.41. The Morgan fingerprint density at radius 1 is 1.44 bits per heavy atom. The Kier molecular flexibility index (Phi) is 5.33. The second-order valence-corrected chi connectivity index (χ2v) is 5.30. The number of carboxylic acid groups (broad SMARTS) is 1. The second kappa shape index (κ2) is 6.53. The van der Waals surface area contributed by atoms with Gasteiger partial charge in [-0.25, -0.2) is 4.79 Å². The van der Waals surface area contributed by atoms with Gasteiger partial charge in [-0.3, -0.25) is 14.4 Å². The number of amides is 1. The van der Waals surface area contributed by atoms with Crippen LogP contribution in [0.3, 0.4) is 0 Å². The predicted octanol–water partition coefficient (Wildman–Crippen LogP) is 0.301. The van der Waals surface area contributed by atoms with E-state index in [-0.39, 0.29) is 42.6 Å². The Balaban J connectivity index is 2.56. The lowest BCUT2D eigenvalue weighted by Crippen LogP contribution is -2.50. The smallest absolute Gasteiger partial charge is 0.326 e. The van der Waals surface area contributed by atoms with Crippen LogP contribution in [0.2, 0.25) is 0 Å². The van der Waals surface area contributed by atoms with Crippen LogP contribution in [0, 0.1) is 0 Å². The third-order valence-corrected chi connectivity index (χ3v) is 3.47. The molecular weight excluding hydrogens is 258 g/mol. The number of hydrogen-bond acceptors (Lipinski definition) is 5. The molecule has 1 amide bonds. The van der Waals surface area contributed by atoms with Crippen molar-refractivity contribution in [1.82, 2.24) is 4.90 Å². The highest BCUT2D eigenvalue weighted by Crippen LogP contribution is 2.17. The molecule has 0 saturated carbocycles. The van der Waals surface area contributed by atoms with Gasteiger partial charge >= 0.3 is 5.97 Å². The van der Waals surface area contributed by atoms with Gasteiger partial charge in [-0.15, -0.1) is 0 Å². The Morgan fingerprint density at radius 3 is 2.67 bits per heavy atom. The second-order valence-electron chi connectivity index (χ2n) is 4.02. The van der Waals surface area contributed by atoms with Crippen molar-refractivity contribution in [3.63, 3.8) is 0 Å². The average Bonchev–Trinajstić information content (AvgIpc) is 2.28. The van der Waals surface area contributed by atoms with E-state index in [0.29, 0.717) is 5.75 Å². The number of carbonyl (C=O) groups excluding carboxylic acids is 3. The van der Waals surface area contributed by atoms with Gasteiger partial charge in [0.25, 0.3) is 0 Å². The summed E-state index contributed by atoms with van der Waals surface area (Å²) in [7, 11) is 0. The van der Waals surface area contributed by atoms with E-state index in [2.05, 4.69) is 0 Å². The topological polar surface area (TPSA) is 91.8 Å². The Bertz CT molecular complexity index is 382. The molecule has 6 nitrogen and oxygen atoms in total. The molecular formula is C11H15NO5S. The molecule has 0 aromatic rings. The summed E-state index contributed by atoms with van der Waals surface area (Å²) in [4.78, 5) is 46.0. The first kappa shape index (κ1) is 14.7. The number of carbonyl (C=O) groups is 4. The van der Waals surface area contributed by atoms with Crippen molar-refractivity contribution in [2.75, 3.05) is 12.3 Å². The molecule has 100 valence electrons. The minimum atomic E-state index is -1.16. The first-order valence-electron chi connectivity index (χ1n) is 5.59. The van der Waals surface area contributed by atoms with Crippen LogP contribution in [0.5, 0.6) is 0 Å². The number of nitrogens with zero attached hydrogens (tertiary/aromatic N) is 1. The summed E-state index contributed by atoms with van der Waals surface area (Å²) < 4.78 is 0. The summed E-state index contributed by atoms with van der Waals surface area (Å²) in [5, 5.41) is 8.91. The number of Topliss-reactive ketones (excluding diaryl/α,β-unsaturated/α-hetero) is 1. The van der Waals surface area contributed by atoms with Gasteiger partial charge in [0.2, 0.25) is 5.91 Å². The lowest BCUT2D eigenvalue weighted by atomic mass is 10.0. The molecule has 0 spiro atoms. The molecule has 18 heavy (non-hydrogen) atoms. The van der Waals surface area contributed by atoms with Crippen LogP contribution in [0.15, 0.2) is 0 Å². The van der Waals surface area contributed by atoms with E-state index < -0.39 is 12.0 Å². The Hall–Kier alpha value is -1.37. The van der Waals surface area contributed by atoms with Crippen molar-refractivity contribution in [3.05, 3.63) is 0 Å². The lowest BCUT2D eigenvalue weighted by molar-refractivity contribution is -0.154. The maximum atomic E-state index is 11.8. The number of carboxylic acids is 1. The van der Waals surface area contributed by atoms with E-state index >= 15 is 0 Å². The first-order valence-corrected chi connectivity index (χ1v) is 6.57. The molecule has 1 aliphatic rings. The van der Waals surface area contributed by atoms with Crippen LogP contribution < -0.4 is 0 Å². The normalized spacial score (nSPS) is 19.7. The highest BCUT2D eigenvalue weighted by molar-refractivity contribution is 8.13. The molecule has 0 bridgehead atoms. The number of piperidine rings is 1. The van der Waals surface area contributed by atoms with Crippen LogP contribution >= 0.6 is 11.8 Å². The molecule has 0 aromatic heterocycles. The quantitative estimate of drug-likeness (QED) is 0.792. The number of likely N-dealkylation sites (tertiary alicyclic amines) is 1. The van der Waals surface area contributed by atoms with E-state index in [9.17, 15) is 19.2 Å². The molecule has 1 unspecified atom stereocenters. The fraction of sp³-hybridized carbons (Fsp3) is 0.636. The third kappa shape index (κ3) is 4.14. The Labute approximate surface area is 109 Å². The molecule has 1 fully saturated rings. The van der Waals surface area contributed by atoms with Gasteiger partial charge in [0.1, 0.15) is 11.8 Å². The van der Waals surface area contributed by atoms with E-state index in [1.54, 1.807) is 0 Å². The maximum Gasteiger partial charge on any atom is 0.326 e. The molecule has 1 aliphatic heterocycles. The molecule has 0 aliphatic carbocycles. The maximum absolute atomic E-state index is 11.8. The van der Waals surface area contributed by atoms with Crippen LogP contribution in [-0.4, -0.2) is 51.1 Å². The summed E-state index contributed by atoms with van der Waals surface area (Å²) in [5.74, 6) is -1.27. The molecule has 1 N–H and O–H groups in total. The number of thioether (sulfide) groups is 1. The summed E-state index contributed by atoms with van der Waals surface area (Å²) in [6, 6.07) is -1.05. The van der Waals surface area contributed by atoms with Crippen LogP contribution in [0.1, 0.15) is 26.2 Å². The molecule has 1 atom stereocenters. The van der Waals surface area contributed by atoms with Crippen LogP contribution in [0.4, 0.5) is 0 Å². The minimum Gasteiger partial charge on any atom is -0.480 e. The van der Waals surface area contributed by atoms with Gasteiger partial charge in [0.05, 0.1) is 0 Å². The molecule has 7 heteroatoms. The third-order valence-electron chi connectivity index (χ3n) is 2.66. The zero-order valence-electron chi connectivity index (χ0n) is 10.0. The van der Waals surface area contributed by atoms with Gasteiger partial charge in [-0.05, 0) is 0 Å².